The van der Waals surface area contributed by atoms with Crippen molar-refractivity contribution in [3.63, 3.8) is 0 Å². The van der Waals surface area contributed by atoms with E-state index in [9.17, 15) is 28.2 Å². The van der Waals surface area contributed by atoms with Crippen molar-refractivity contribution in [1.82, 2.24) is 20.0 Å². The third kappa shape index (κ3) is 6.82. The summed E-state index contributed by atoms with van der Waals surface area (Å²) in [5.74, 6) is -1.57. The lowest BCUT2D eigenvalue weighted by Gasteiger charge is -2.38. The summed E-state index contributed by atoms with van der Waals surface area (Å²) in [5, 5.41) is 25.6. The Labute approximate surface area is 219 Å². The van der Waals surface area contributed by atoms with Crippen LogP contribution in [0.15, 0.2) is 78.0 Å². The summed E-state index contributed by atoms with van der Waals surface area (Å²) in [6.07, 6.45) is 3.09. The molecule has 5 N–H and O–H groups in total. The van der Waals surface area contributed by atoms with Crippen LogP contribution in [0.25, 0.3) is 0 Å². The number of hydrogen-bond donors (Lipinski definition) is 5. The smallest absolute Gasteiger partial charge is 0.323 e. The average Bonchev–Trinajstić information content (AvgIpc) is 2.93. The highest BCUT2D eigenvalue weighted by molar-refractivity contribution is 7.89. The highest BCUT2D eigenvalue weighted by Gasteiger charge is 2.29. The molecular formula is C25H28N6O6S. The van der Waals surface area contributed by atoms with Crippen LogP contribution in [0.1, 0.15) is 16.8 Å². The normalized spacial score (nSPS) is 18.4. The number of nitrogens with one attached hydrogen (secondary N) is 3. The second-order valence-corrected chi connectivity index (χ2v) is 10.4. The number of aromatic nitrogens is 2. The van der Waals surface area contributed by atoms with Crippen LogP contribution in [0.5, 0.6) is 0 Å². The van der Waals surface area contributed by atoms with Crippen molar-refractivity contribution in [1.29, 1.82) is 0 Å². The van der Waals surface area contributed by atoms with Gasteiger partial charge in [0, 0.05) is 43.3 Å². The Hall–Kier alpha value is -4.07. The number of carbonyl (C=O) groups is 2. The Balaban J connectivity index is 1.40. The van der Waals surface area contributed by atoms with E-state index in [4.69, 9.17) is 0 Å². The molecule has 0 unspecified atom stereocenters. The van der Waals surface area contributed by atoms with Gasteiger partial charge in [0.2, 0.25) is 16.0 Å². The minimum absolute atomic E-state index is 0.0800. The maximum Gasteiger partial charge on any atom is 0.323 e. The van der Waals surface area contributed by atoms with Gasteiger partial charge in [0.05, 0.1) is 17.0 Å². The number of piperidine rings is 1. The minimum atomic E-state index is -4.09. The van der Waals surface area contributed by atoms with E-state index in [0.717, 1.165) is 5.69 Å². The van der Waals surface area contributed by atoms with Crippen LogP contribution < -0.4 is 20.3 Å². The largest absolute Gasteiger partial charge is 0.480 e. The van der Waals surface area contributed by atoms with Crippen molar-refractivity contribution < 1.29 is 28.2 Å². The van der Waals surface area contributed by atoms with E-state index < -0.39 is 40.6 Å². The number of hydrogen-bond acceptors (Lipinski definition) is 9. The summed E-state index contributed by atoms with van der Waals surface area (Å²) in [6.45, 7) is 0.540. The first-order valence-corrected chi connectivity index (χ1v) is 13.4. The predicted octanol–water partition coefficient (Wildman–Crippen LogP) is 0.690. The molecule has 2 aromatic carbocycles. The number of benzene rings is 2. The van der Waals surface area contributed by atoms with Gasteiger partial charge in [0.15, 0.2) is 0 Å². The second-order valence-electron chi connectivity index (χ2n) is 8.71. The van der Waals surface area contributed by atoms with E-state index in [0.29, 0.717) is 25.5 Å². The molecule has 2 heterocycles. The Morgan fingerprint density at radius 3 is 2.50 bits per heavy atom. The van der Waals surface area contributed by atoms with Gasteiger partial charge in [-0.2, -0.15) is 4.72 Å². The van der Waals surface area contributed by atoms with Gasteiger partial charge in [-0.05, 0) is 42.8 Å². The Morgan fingerprint density at radius 1 is 1.05 bits per heavy atom. The molecule has 1 amide bonds. The molecule has 1 fully saturated rings. The van der Waals surface area contributed by atoms with E-state index in [1.54, 1.807) is 42.7 Å². The number of rotatable bonds is 10. The van der Waals surface area contributed by atoms with Crippen LogP contribution in [0.3, 0.4) is 0 Å². The summed E-state index contributed by atoms with van der Waals surface area (Å²) in [6, 6.07) is 13.9. The number of carboxylic acids is 1. The van der Waals surface area contributed by atoms with Gasteiger partial charge in [-0.3, -0.25) is 9.59 Å². The minimum Gasteiger partial charge on any atom is -0.480 e. The number of carboxylic acid groups (broad SMARTS) is 1. The SMILES string of the molecule is O=C(NC[C@H](NS(=O)(=O)c1ccccc1)C(=O)O)c1cccc(N2CC[C@@H](O)[C@H](Nc3ncccn3)C2)c1. The maximum atomic E-state index is 12.8. The molecular weight excluding hydrogens is 512 g/mol. The lowest BCUT2D eigenvalue weighted by Crippen LogP contribution is -2.50. The molecule has 0 aliphatic carbocycles. The average molecular weight is 541 g/mol. The molecule has 1 aliphatic rings. The molecule has 1 aromatic heterocycles. The van der Waals surface area contributed by atoms with E-state index in [1.165, 1.54) is 24.3 Å². The van der Waals surface area contributed by atoms with E-state index in [2.05, 4.69) is 25.3 Å². The molecule has 1 aliphatic heterocycles. The molecule has 3 aromatic rings. The highest BCUT2D eigenvalue weighted by Crippen LogP contribution is 2.23. The topological polar surface area (TPSA) is 174 Å². The van der Waals surface area contributed by atoms with Gasteiger partial charge in [0.25, 0.3) is 5.91 Å². The number of anilines is 2. The number of nitrogens with zero attached hydrogens (tertiary/aromatic N) is 3. The molecule has 38 heavy (non-hydrogen) atoms. The first-order chi connectivity index (χ1) is 18.2. The molecule has 0 radical (unpaired) electrons. The first-order valence-electron chi connectivity index (χ1n) is 11.9. The lowest BCUT2D eigenvalue weighted by molar-refractivity contribution is -0.138. The Morgan fingerprint density at radius 2 is 1.79 bits per heavy atom. The summed E-state index contributed by atoms with van der Waals surface area (Å²) in [4.78, 5) is 34.7. The molecule has 13 heteroatoms. The maximum absolute atomic E-state index is 12.8. The van der Waals surface area contributed by atoms with Crippen LogP contribution in [-0.2, 0) is 14.8 Å². The fraction of sp³-hybridized carbons (Fsp3) is 0.280. The Bertz CT molecular complexity index is 1360. The zero-order valence-corrected chi connectivity index (χ0v) is 21.1. The number of aliphatic carboxylic acids is 1. The first kappa shape index (κ1) is 27.0. The van der Waals surface area contributed by atoms with Gasteiger partial charge in [0.1, 0.15) is 6.04 Å². The van der Waals surface area contributed by atoms with Crippen LogP contribution >= 0.6 is 0 Å². The summed E-state index contributed by atoms with van der Waals surface area (Å²) in [7, 11) is -4.09. The highest BCUT2D eigenvalue weighted by atomic mass is 32.2. The zero-order valence-electron chi connectivity index (χ0n) is 20.3. The van der Waals surface area contributed by atoms with Crippen molar-refractivity contribution in [2.24, 2.45) is 0 Å². The van der Waals surface area contributed by atoms with Gasteiger partial charge in [-0.25, -0.2) is 18.4 Å². The van der Waals surface area contributed by atoms with Crippen molar-refractivity contribution in [3.8, 4) is 0 Å². The predicted molar refractivity (Wildman–Crippen MR) is 139 cm³/mol. The van der Waals surface area contributed by atoms with E-state index in [1.807, 2.05) is 11.0 Å². The van der Waals surface area contributed by atoms with Gasteiger partial charge < -0.3 is 25.7 Å². The molecule has 0 saturated carbocycles. The Kier molecular flexibility index (Phi) is 8.51. The zero-order chi connectivity index (χ0) is 27.1. The van der Waals surface area contributed by atoms with E-state index in [-0.39, 0.29) is 16.5 Å². The van der Waals surface area contributed by atoms with Crippen LogP contribution in [-0.4, -0.2) is 78.3 Å². The number of aliphatic hydroxyl groups excluding tert-OH is 1. The number of aliphatic hydroxyl groups is 1. The third-order valence-corrected chi connectivity index (χ3v) is 7.53. The van der Waals surface area contributed by atoms with Gasteiger partial charge in [-0.1, -0.05) is 24.3 Å². The lowest BCUT2D eigenvalue weighted by atomic mass is 10.0. The molecule has 0 bridgehead atoms. The van der Waals surface area contributed by atoms with Crippen LogP contribution in [0, 0.1) is 0 Å². The monoisotopic (exact) mass is 540 g/mol. The molecule has 3 atom stereocenters. The van der Waals surface area contributed by atoms with Crippen LogP contribution in [0.4, 0.5) is 11.6 Å². The quantitative estimate of drug-likeness (QED) is 0.246. The second kappa shape index (κ2) is 12.0. The van der Waals surface area contributed by atoms with E-state index >= 15 is 0 Å². The molecule has 1 saturated heterocycles. The van der Waals surface area contributed by atoms with Crippen molar-refractivity contribution in [2.45, 2.75) is 29.5 Å². The standard InChI is InChI=1S/C25H28N6O6S/c32-22-10-13-31(16-21(22)29-25-26-11-5-12-27-25)18-7-4-6-17(14-18)23(33)28-15-20(24(34)35)30-38(36,37)19-8-2-1-3-9-19/h1-9,11-12,14,20-22,30,32H,10,13,15-16H2,(H,28,33)(H,34,35)(H,26,27,29)/t20-,21+,22+/m0/s1. The third-order valence-electron chi connectivity index (χ3n) is 6.05. The molecule has 12 nitrogen and oxygen atoms in total. The summed E-state index contributed by atoms with van der Waals surface area (Å²) >= 11 is 0. The molecule has 0 spiro atoms. The van der Waals surface area contributed by atoms with Crippen LogP contribution in [0.2, 0.25) is 0 Å². The molecule has 4 rings (SSSR count). The summed E-state index contributed by atoms with van der Waals surface area (Å²) in [5.41, 5.74) is 1.02. The number of carbonyl (C=O) groups excluding carboxylic acids is 1. The number of sulfonamides is 1. The fourth-order valence-corrected chi connectivity index (χ4v) is 5.24. The van der Waals surface area contributed by atoms with Gasteiger partial charge >= 0.3 is 5.97 Å². The van der Waals surface area contributed by atoms with Crippen molar-refractivity contribution in [3.05, 3.63) is 78.6 Å². The van der Waals surface area contributed by atoms with Crippen molar-refractivity contribution in [2.75, 3.05) is 29.9 Å². The fourth-order valence-electron chi connectivity index (χ4n) is 4.03. The molecule has 200 valence electrons. The number of amides is 1. The van der Waals surface area contributed by atoms with Gasteiger partial charge in [-0.15, -0.1) is 0 Å². The summed E-state index contributed by atoms with van der Waals surface area (Å²) < 4.78 is 27.2. The van der Waals surface area contributed by atoms with Crippen molar-refractivity contribution >= 4 is 33.5 Å².